The number of hydrogen-bond donors (Lipinski definition) is 2. The molecule has 2 N–H and O–H groups in total. The first-order valence-corrected chi connectivity index (χ1v) is 10.6. The maximum absolute atomic E-state index is 14.1. The minimum Gasteiger partial charge on any atom is -0.346 e. The van der Waals surface area contributed by atoms with Gasteiger partial charge in [-0.05, 0) is 43.3 Å². The molecule has 1 unspecified atom stereocenters. The molecule has 7 nitrogen and oxygen atoms in total. The standard InChI is InChI=1S/C22H16Cl2F3N5O2/c1-12-17(20(33)30-10-16-4-2-3-5-28-16)11-29-19(31-12)18-9-21(34-32-18,22(25,26)27)13-6-14(23)8-15(24)7-13/h2-9,11,32H,10H2,1H3,(H,30,33). The van der Waals surface area contributed by atoms with E-state index >= 15 is 0 Å². The van der Waals surface area contributed by atoms with Crippen molar-refractivity contribution in [1.82, 2.24) is 25.7 Å². The zero-order valence-corrected chi connectivity index (χ0v) is 19.0. The van der Waals surface area contributed by atoms with Crippen molar-refractivity contribution in [3.05, 3.63) is 93.3 Å². The Bertz CT molecular complexity index is 1250. The fourth-order valence-electron chi connectivity index (χ4n) is 3.31. The van der Waals surface area contributed by atoms with Gasteiger partial charge in [0.25, 0.3) is 5.91 Å². The average Bonchev–Trinajstić information content (AvgIpc) is 3.25. The number of aryl methyl sites for hydroxylation is 1. The van der Waals surface area contributed by atoms with E-state index in [0.29, 0.717) is 5.69 Å². The van der Waals surface area contributed by atoms with E-state index < -0.39 is 17.7 Å². The fraction of sp³-hybridized carbons (Fsp3) is 0.182. The van der Waals surface area contributed by atoms with Crippen molar-refractivity contribution >= 4 is 34.8 Å². The van der Waals surface area contributed by atoms with E-state index in [1.165, 1.54) is 12.3 Å². The SMILES string of the molecule is Cc1nc(C2=CC(c3cc(Cl)cc(Cl)c3)(C(F)(F)F)ON2)ncc1C(=O)NCc1ccccn1. The molecule has 3 aromatic rings. The second-order valence-electron chi connectivity index (χ2n) is 7.35. The van der Waals surface area contributed by atoms with Crippen molar-refractivity contribution in [2.24, 2.45) is 0 Å². The zero-order valence-electron chi connectivity index (χ0n) is 17.5. The predicted octanol–water partition coefficient (Wildman–Crippen LogP) is 4.75. The quantitative estimate of drug-likeness (QED) is 0.515. The second kappa shape index (κ2) is 9.21. The summed E-state index contributed by atoms with van der Waals surface area (Å²) in [6.45, 7) is 1.74. The molecule has 12 heteroatoms. The zero-order chi connectivity index (χ0) is 24.5. The lowest BCUT2D eigenvalue weighted by Crippen LogP contribution is -2.42. The summed E-state index contributed by atoms with van der Waals surface area (Å²) in [6.07, 6.45) is -1.22. The molecule has 0 fully saturated rings. The molecular weight excluding hydrogens is 494 g/mol. The Hall–Kier alpha value is -3.21. The van der Waals surface area contributed by atoms with Gasteiger partial charge in [-0.25, -0.2) is 9.97 Å². The van der Waals surface area contributed by atoms with Crippen LogP contribution in [0.4, 0.5) is 13.2 Å². The van der Waals surface area contributed by atoms with Crippen LogP contribution < -0.4 is 10.8 Å². The van der Waals surface area contributed by atoms with Crippen molar-refractivity contribution in [3.63, 3.8) is 0 Å². The number of aromatic nitrogens is 3. The molecule has 1 atom stereocenters. The third kappa shape index (κ3) is 4.70. The first kappa shape index (κ1) is 23.9. The van der Waals surface area contributed by atoms with Crippen molar-refractivity contribution in [2.45, 2.75) is 25.2 Å². The Balaban J connectivity index is 1.61. The summed E-state index contributed by atoms with van der Waals surface area (Å²) in [4.78, 5) is 29.9. The van der Waals surface area contributed by atoms with Gasteiger partial charge in [0.05, 0.1) is 23.5 Å². The summed E-state index contributed by atoms with van der Waals surface area (Å²) in [7, 11) is 0. The highest BCUT2D eigenvalue weighted by molar-refractivity contribution is 6.34. The summed E-state index contributed by atoms with van der Waals surface area (Å²) in [6, 6.07) is 8.84. The van der Waals surface area contributed by atoms with Crippen LogP contribution in [0.1, 0.15) is 33.1 Å². The molecule has 1 amide bonds. The first-order valence-electron chi connectivity index (χ1n) is 9.81. The van der Waals surface area contributed by atoms with Gasteiger partial charge >= 0.3 is 6.18 Å². The Labute approximate surface area is 201 Å². The van der Waals surface area contributed by atoms with Gasteiger partial charge in [-0.15, -0.1) is 0 Å². The Kier molecular flexibility index (Phi) is 6.48. The molecule has 0 spiro atoms. The Morgan fingerprint density at radius 1 is 1.18 bits per heavy atom. The van der Waals surface area contributed by atoms with Crippen molar-refractivity contribution in [1.29, 1.82) is 0 Å². The predicted molar refractivity (Wildman–Crippen MR) is 119 cm³/mol. The monoisotopic (exact) mass is 509 g/mol. The first-order chi connectivity index (χ1) is 16.1. The van der Waals surface area contributed by atoms with Gasteiger partial charge in [0.15, 0.2) is 5.82 Å². The van der Waals surface area contributed by atoms with Gasteiger partial charge in [0.1, 0.15) is 5.70 Å². The smallest absolute Gasteiger partial charge is 0.346 e. The summed E-state index contributed by atoms with van der Waals surface area (Å²) in [5.41, 5.74) is 0.0331. The minimum atomic E-state index is -4.86. The van der Waals surface area contributed by atoms with Crippen LogP contribution in [0.5, 0.6) is 0 Å². The molecule has 1 aliphatic heterocycles. The van der Waals surface area contributed by atoms with Crippen LogP contribution in [-0.4, -0.2) is 27.0 Å². The molecule has 4 rings (SSSR count). The normalized spacial score (nSPS) is 17.8. The number of rotatable bonds is 5. The largest absolute Gasteiger partial charge is 0.428 e. The number of carbonyl (C=O) groups excluding carboxylic acids is 1. The maximum atomic E-state index is 14.1. The number of nitrogens with zero attached hydrogens (tertiary/aromatic N) is 3. The Morgan fingerprint density at radius 2 is 1.91 bits per heavy atom. The number of halogens is 5. The van der Waals surface area contributed by atoms with E-state index in [1.807, 2.05) is 0 Å². The summed E-state index contributed by atoms with van der Waals surface area (Å²) < 4.78 is 42.4. The van der Waals surface area contributed by atoms with Gasteiger partial charge in [-0.1, -0.05) is 29.3 Å². The molecule has 3 heterocycles. The molecule has 2 aromatic heterocycles. The topological polar surface area (TPSA) is 89.0 Å². The molecule has 0 saturated heterocycles. The molecular formula is C22H16Cl2F3N5O2. The molecule has 34 heavy (non-hydrogen) atoms. The lowest BCUT2D eigenvalue weighted by atomic mass is 9.92. The lowest BCUT2D eigenvalue weighted by Gasteiger charge is -2.28. The van der Waals surface area contributed by atoms with Gasteiger partial charge < -0.3 is 5.32 Å². The molecule has 0 saturated carbocycles. The number of nitrogens with one attached hydrogen (secondary N) is 2. The fourth-order valence-corrected chi connectivity index (χ4v) is 3.84. The lowest BCUT2D eigenvalue weighted by molar-refractivity contribution is -0.269. The molecule has 1 aliphatic rings. The third-order valence-corrected chi connectivity index (χ3v) is 5.44. The second-order valence-corrected chi connectivity index (χ2v) is 8.22. The molecule has 0 bridgehead atoms. The third-order valence-electron chi connectivity index (χ3n) is 5.00. The Morgan fingerprint density at radius 3 is 2.53 bits per heavy atom. The van der Waals surface area contributed by atoms with E-state index in [4.69, 9.17) is 28.0 Å². The van der Waals surface area contributed by atoms with Gasteiger partial charge in [0, 0.05) is 28.0 Å². The number of hydroxylamine groups is 1. The average molecular weight is 510 g/mol. The molecule has 0 radical (unpaired) electrons. The van der Waals surface area contributed by atoms with E-state index in [2.05, 4.69) is 25.7 Å². The van der Waals surface area contributed by atoms with E-state index in [0.717, 1.165) is 18.2 Å². The molecule has 176 valence electrons. The van der Waals surface area contributed by atoms with Crippen molar-refractivity contribution < 1.29 is 22.8 Å². The highest BCUT2D eigenvalue weighted by Crippen LogP contribution is 2.48. The van der Waals surface area contributed by atoms with E-state index in [1.54, 1.807) is 31.3 Å². The summed E-state index contributed by atoms with van der Waals surface area (Å²) in [5.74, 6) is -0.532. The molecule has 1 aromatic carbocycles. The highest BCUT2D eigenvalue weighted by Gasteiger charge is 2.60. The number of carbonyl (C=O) groups is 1. The van der Waals surface area contributed by atoms with Crippen molar-refractivity contribution in [3.8, 4) is 0 Å². The van der Waals surface area contributed by atoms with E-state index in [-0.39, 0.29) is 44.9 Å². The van der Waals surface area contributed by atoms with Gasteiger partial charge in [0.2, 0.25) is 5.60 Å². The van der Waals surface area contributed by atoms with Crippen LogP contribution in [0, 0.1) is 6.92 Å². The molecule has 0 aliphatic carbocycles. The van der Waals surface area contributed by atoms with Crippen LogP contribution in [0.25, 0.3) is 5.70 Å². The van der Waals surface area contributed by atoms with Crippen LogP contribution in [0.15, 0.2) is 54.9 Å². The number of benzene rings is 1. The van der Waals surface area contributed by atoms with Crippen LogP contribution in [0.3, 0.4) is 0 Å². The number of alkyl halides is 3. The maximum Gasteiger partial charge on any atom is 0.428 e. The number of hydrogen-bond acceptors (Lipinski definition) is 6. The minimum absolute atomic E-state index is 0.0183. The summed E-state index contributed by atoms with van der Waals surface area (Å²) in [5, 5.41) is 2.74. The van der Waals surface area contributed by atoms with E-state index in [9.17, 15) is 18.0 Å². The van der Waals surface area contributed by atoms with Crippen molar-refractivity contribution in [2.75, 3.05) is 0 Å². The number of amides is 1. The highest BCUT2D eigenvalue weighted by atomic mass is 35.5. The van der Waals surface area contributed by atoms with Crippen LogP contribution in [0.2, 0.25) is 10.0 Å². The summed E-state index contributed by atoms with van der Waals surface area (Å²) >= 11 is 11.8. The number of pyridine rings is 1. The van der Waals surface area contributed by atoms with Crippen LogP contribution in [-0.2, 0) is 17.0 Å². The van der Waals surface area contributed by atoms with Gasteiger partial charge in [-0.2, -0.15) is 13.2 Å². The van der Waals surface area contributed by atoms with Crippen LogP contribution >= 0.6 is 23.2 Å². The van der Waals surface area contributed by atoms with Gasteiger partial charge in [-0.3, -0.25) is 20.1 Å².